The molecule has 0 aliphatic heterocycles. The molecule has 1 N–H and O–H groups in total. The van der Waals surface area contributed by atoms with Crippen LogP contribution in [0.4, 0.5) is 5.69 Å². The Morgan fingerprint density at radius 3 is 2.48 bits per heavy atom. The predicted octanol–water partition coefficient (Wildman–Crippen LogP) is 3.32. The normalized spacial score (nSPS) is 12.2. The highest BCUT2D eigenvalue weighted by Crippen LogP contribution is 2.15. The van der Waals surface area contributed by atoms with Gasteiger partial charge in [0.25, 0.3) is 0 Å². The fourth-order valence-corrected chi connectivity index (χ4v) is 2.93. The molecule has 2 aromatic rings. The number of hydrogen-bond acceptors (Lipinski definition) is 3. The van der Waals surface area contributed by atoms with Gasteiger partial charge in [-0.25, -0.2) is 0 Å². The van der Waals surface area contributed by atoms with Gasteiger partial charge in [-0.1, -0.05) is 25.1 Å². The highest BCUT2D eigenvalue weighted by molar-refractivity contribution is 5.99. The molecule has 1 aromatic heterocycles. The van der Waals surface area contributed by atoms with E-state index in [4.69, 9.17) is 0 Å². The van der Waals surface area contributed by atoms with Gasteiger partial charge in [0.1, 0.15) is 6.04 Å². The van der Waals surface area contributed by atoms with Gasteiger partial charge < -0.3 is 10.2 Å². The van der Waals surface area contributed by atoms with Gasteiger partial charge in [-0.15, -0.1) is 0 Å². The SMILES string of the molecule is CCCN(C(=O)/C=C\c1c(C)nn(C)c1C)[C@H](C)C(=O)Nc1ccccc1. The molecule has 2 rings (SSSR count). The van der Waals surface area contributed by atoms with Crippen LogP contribution in [-0.4, -0.2) is 39.1 Å². The molecule has 0 bridgehead atoms. The van der Waals surface area contributed by atoms with Crippen molar-refractivity contribution in [1.29, 1.82) is 0 Å². The number of hydrogen-bond donors (Lipinski definition) is 1. The van der Waals surface area contributed by atoms with E-state index in [-0.39, 0.29) is 11.8 Å². The van der Waals surface area contributed by atoms with Crippen LogP contribution < -0.4 is 5.32 Å². The van der Waals surface area contributed by atoms with E-state index in [0.29, 0.717) is 6.54 Å². The summed E-state index contributed by atoms with van der Waals surface area (Å²) in [4.78, 5) is 26.9. The Morgan fingerprint density at radius 2 is 1.93 bits per heavy atom. The molecule has 1 aromatic carbocycles. The number of nitrogens with one attached hydrogen (secondary N) is 1. The number of carbonyl (C=O) groups excluding carboxylic acids is 2. The van der Waals surface area contributed by atoms with E-state index < -0.39 is 6.04 Å². The second-order valence-corrected chi connectivity index (χ2v) is 6.60. The van der Waals surface area contributed by atoms with Crippen LogP contribution in [0.15, 0.2) is 36.4 Å². The lowest BCUT2D eigenvalue weighted by atomic mass is 10.1. The van der Waals surface area contributed by atoms with Crippen LogP contribution >= 0.6 is 0 Å². The summed E-state index contributed by atoms with van der Waals surface area (Å²) in [6, 6.07) is 8.68. The number of carbonyl (C=O) groups is 2. The van der Waals surface area contributed by atoms with E-state index in [1.54, 1.807) is 22.6 Å². The Labute approximate surface area is 160 Å². The number of aromatic nitrogens is 2. The molecule has 0 saturated heterocycles. The molecular formula is C21H28N4O2. The zero-order valence-electron chi connectivity index (χ0n) is 16.7. The van der Waals surface area contributed by atoms with Crippen LogP contribution in [-0.2, 0) is 16.6 Å². The molecule has 0 aliphatic carbocycles. The third-order valence-corrected chi connectivity index (χ3v) is 4.59. The van der Waals surface area contributed by atoms with Crippen molar-refractivity contribution in [3.8, 4) is 0 Å². The van der Waals surface area contributed by atoms with Crippen molar-refractivity contribution in [2.75, 3.05) is 11.9 Å². The largest absolute Gasteiger partial charge is 0.327 e. The maximum Gasteiger partial charge on any atom is 0.247 e. The quantitative estimate of drug-likeness (QED) is 0.763. The van der Waals surface area contributed by atoms with Crippen molar-refractivity contribution in [3.63, 3.8) is 0 Å². The van der Waals surface area contributed by atoms with Gasteiger partial charge in [0.2, 0.25) is 11.8 Å². The van der Waals surface area contributed by atoms with Crippen molar-refractivity contribution in [2.45, 2.75) is 40.2 Å². The minimum absolute atomic E-state index is 0.185. The zero-order valence-corrected chi connectivity index (χ0v) is 16.7. The van der Waals surface area contributed by atoms with Crippen LogP contribution in [0.3, 0.4) is 0 Å². The van der Waals surface area contributed by atoms with Gasteiger partial charge in [0, 0.05) is 36.6 Å². The smallest absolute Gasteiger partial charge is 0.247 e. The topological polar surface area (TPSA) is 67.2 Å². The third kappa shape index (κ3) is 5.06. The Balaban J connectivity index is 2.13. The molecule has 27 heavy (non-hydrogen) atoms. The lowest BCUT2D eigenvalue weighted by molar-refractivity contribution is -0.134. The number of aryl methyl sites for hydroxylation is 2. The fourth-order valence-electron chi connectivity index (χ4n) is 2.93. The first kappa shape index (κ1) is 20.4. The maximum atomic E-state index is 12.8. The van der Waals surface area contributed by atoms with E-state index in [1.165, 1.54) is 6.08 Å². The number of amides is 2. The first-order chi connectivity index (χ1) is 12.8. The lowest BCUT2D eigenvalue weighted by Gasteiger charge is -2.27. The summed E-state index contributed by atoms with van der Waals surface area (Å²) in [6.07, 6.45) is 4.08. The number of nitrogens with zero attached hydrogens (tertiary/aromatic N) is 3. The Hall–Kier alpha value is -2.89. The molecule has 1 atom stereocenters. The number of para-hydroxylation sites is 1. The first-order valence-electron chi connectivity index (χ1n) is 9.20. The van der Waals surface area contributed by atoms with Gasteiger partial charge in [-0.3, -0.25) is 14.3 Å². The van der Waals surface area contributed by atoms with Gasteiger partial charge in [0.15, 0.2) is 0 Å². The van der Waals surface area contributed by atoms with Gasteiger partial charge >= 0.3 is 0 Å². The van der Waals surface area contributed by atoms with E-state index in [0.717, 1.165) is 29.1 Å². The van der Waals surface area contributed by atoms with Crippen LogP contribution in [0.25, 0.3) is 6.08 Å². The van der Waals surface area contributed by atoms with Crippen LogP contribution in [0.5, 0.6) is 0 Å². The minimum Gasteiger partial charge on any atom is -0.327 e. The average molecular weight is 368 g/mol. The van der Waals surface area contributed by atoms with Crippen LogP contribution in [0.2, 0.25) is 0 Å². The van der Waals surface area contributed by atoms with Crippen molar-refractivity contribution in [2.24, 2.45) is 7.05 Å². The highest BCUT2D eigenvalue weighted by atomic mass is 16.2. The third-order valence-electron chi connectivity index (χ3n) is 4.59. The van der Waals surface area contributed by atoms with Crippen LogP contribution in [0, 0.1) is 13.8 Å². The second-order valence-electron chi connectivity index (χ2n) is 6.60. The molecule has 0 aliphatic rings. The monoisotopic (exact) mass is 368 g/mol. The summed E-state index contributed by atoms with van der Waals surface area (Å²) in [7, 11) is 1.88. The molecular weight excluding hydrogens is 340 g/mol. The lowest BCUT2D eigenvalue weighted by Crippen LogP contribution is -2.45. The molecule has 144 valence electrons. The van der Waals surface area contributed by atoms with Gasteiger partial charge in [-0.2, -0.15) is 5.10 Å². The zero-order chi connectivity index (χ0) is 20.0. The first-order valence-corrected chi connectivity index (χ1v) is 9.20. The second kappa shape index (κ2) is 9.16. The van der Waals surface area contributed by atoms with Gasteiger partial charge in [-0.05, 0) is 45.4 Å². The molecule has 0 saturated carbocycles. The van der Waals surface area contributed by atoms with E-state index in [9.17, 15) is 9.59 Å². The van der Waals surface area contributed by atoms with Crippen molar-refractivity contribution < 1.29 is 9.59 Å². The molecule has 0 unspecified atom stereocenters. The minimum atomic E-state index is -0.571. The summed E-state index contributed by atoms with van der Waals surface area (Å²) in [5, 5.41) is 7.22. The Morgan fingerprint density at radius 1 is 1.26 bits per heavy atom. The average Bonchev–Trinajstić information content (AvgIpc) is 2.89. The Kier molecular flexibility index (Phi) is 6.93. The molecule has 6 heteroatoms. The molecule has 0 spiro atoms. The Bertz CT molecular complexity index is 824. The van der Waals surface area contributed by atoms with E-state index in [2.05, 4.69) is 10.4 Å². The summed E-state index contributed by atoms with van der Waals surface area (Å²) < 4.78 is 1.79. The van der Waals surface area contributed by atoms with E-state index in [1.807, 2.05) is 58.2 Å². The molecule has 6 nitrogen and oxygen atoms in total. The standard InChI is InChI=1S/C21H28N4O2/c1-6-14-25(17(4)21(27)22-18-10-8-7-9-11-18)20(26)13-12-19-15(2)23-24(5)16(19)3/h7-13,17H,6,14H2,1-5H3,(H,22,27)/b13-12-/t17-/m1/s1. The number of rotatable bonds is 7. The molecule has 2 amide bonds. The highest BCUT2D eigenvalue weighted by Gasteiger charge is 2.24. The van der Waals surface area contributed by atoms with Crippen molar-refractivity contribution >= 4 is 23.6 Å². The summed E-state index contributed by atoms with van der Waals surface area (Å²) in [6.45, 7) is 8.12. The molecule has 0 radical (unpaired) electrons. The van der Waals surface area contributed by atoms with Crippen molar-refractivity contribution in [3.05, 3.63) is 53.4 Å². The summed E-state index contributed by atoms with van der Waals surface area (Å²) in [5.41, 5.74) is 3.52. The van der Waals surface area contributed by atoms with Gasteiger partial charge in [0.05, 0.1) is 5.69 Å². The fraction of sp³-hybridized carbons (Fsp3) is 0.381. The van der Waals surface area contributed by atoms with Crippen molar-refractivity contribution in [1.82, 2.24) is 14.7 Å². The maximum absolute atomic E-state index is 12.8. The summed E-state index contributed by atoms with van der Waals surface area (Å²) in [5.74, 6) is -0.389. The summed E-state index contributed by atoms with van der Waals surface area (Å²) >= 11 is 0. The van der Waals surface area contributed by atoms with E-state index >= 15 is 0 Å². The molecule has 1 heterocycles. The molecule has 0 fully saturated rings. The predicted molar refractivity (Wildman–Crippen MR) is 108 cm³/mol. The number of anilines is 1. The number of benzene rings is 1. The van der Waals surface area contributed by atoms with Crippen LogP contribution in [0.1, 0.15) is 37.2 Å².